The van der Waals surface area contributed by atoms with Gasteiger partial charge in [0, 0.05) is 6.04 Å². The Bertz CT molecular complexity index is 565. The van der Waals surface area contributed by atoms with Crippen LogP contribution in [0, 0.1) is 0 Å². The first-order chi connectivity index (χ1) is 12.4. The van der Waals surface area contributed by atoms with Gasteiger partial charge in [-0.3, -0.25) is 9.59 Å². The lowest BCUT2D eigenvalue weighted by molar-refractivity contribution is -0.131. The summed E-state index contributed by atoms with van der Waals surface area (Å²) in [7, 11) is 0. The summed E-state index contributed by atoms with van der Waals surface area (Å²) in [5, 5.41) is 23.9. The number of benzene rings is 1. The van der Waals surface area contributed by atoms with Crippen LogP contribution in [-0.2, 0) is 16.0 Å². The predicted octanol–water partition coefficient (Wildman–Crippen LogP) is -0.627. The SMILES string of the molecule is CC(CCCCN)NC(=O)C(CO)NC(=O)C(N)Cc1ccc(O)cc1. The van der Waals surface area contributed by atoms with Crippen molar-refractivity contribution in [2.75, 3.05) is 13.2 Å². The van der Waals surface area contributed by atoms with Crippen molar-refractivity contribution in [2.24, 2.45) is 11.5 Å². The van der Waals surface area contributed by atoms with Gasteiger partial charge in [0.2, 0.25) is 11.8 Å². The van der Waals surface area contributed by atoms with Gasteiger partial charge in [-0.1, -0.05) is 18.6 Å². The summed E-state index contributed by atoms with van der Waals surface area (Å²) in [6.45, 7) is 1.95. The van der Waals surface area contributed by atoms with Gasteiger partial charge in [-0.2, -0.15) is 0 Å². The highest BCUT2D eigenvalue weighted by molar-refractivity contribution is 5.90. The summed E-state index contributed by atoms with van der Waals surface area (Å²) in [6.07, 6.45) is 2.80. The molecule has 2 amide bonds. The molecule has 0 aliphatic rings. The normalized spacial score (nSPS) is 14.3. The maximum Gasteiger partial charge on any atom is 0.245 e. The van der Waals surface area contributed by atoms with Crippen LogP contribution in [0.2, 0.25) is 0 Å². The van der Waals surface area contributed by atoms with E-state index in [4.69, 9.17) is 11.5 Å². The van der Waals surface area contributed by atoms with E-state index in [1.54, 1.807) is 12.1 Å². The van der Waals surface area contributed by atoms with Crippen LogP contribution in [0.4, 0.5) is 0 Å². The van der Waals surface area contributed by atoms with Crippen molar-refractivity contribution >= 4 is 11.8 Å². The second-order valence-corrected chi connectivity index (χ2v) is 6.41. The minimum absolute atomic E-state index is 0.0781. The molecule has 1 aromatic carbocycles. The average molecular weight is 366 g/mol. The van der Waals surface area contributed by atoms with Gasteiger partial charge in [0.1, 0.15) is 11.8 Å². The number of aromatic hydroxyl groups is 1. The molecule has 0 saturated heterocycles. The first-order valence-corrected chi connectivity index (χ1v) is 8.82. The van der Waals surface area contributed by atoms with Gasteiger partial charge in [0.05, 0.1) is 12.6 Å². The molecule has 0 heterocycles. The highest BCUT2D eigenvalue weighted by Crippen LogP contribution is 2.11. The Morgan fingerprint density at radius 1 is 1.12 bits per heavy atom. The molecule has 0 aliphatic heterocycles. The standard InChI is InChI=1S/C18H30N4O4/c1-12(4-2-3-9-19)21-18(26)16(11-23)22-17(25)15(20)10-13-5-7-14(24)8-6-13/h5-8,12,15-16,23-24H,2-4,9-11,19-20H2,1H3,(H,21,26)(H,22,25). The molecule has 0 spiro atoms. The highest BCUT2D eigenvalue weighted by atomic mass is 16.3. The summed E-state index contributed by atoms with van der Waals surface area (Å²) >= 11 is 0. The highest BCUT2D eigenvalue weighted by Gasteiger charge is 2.24. The second-order valence-electron chi connectivity index (χ2n) is 6.41. The molecule has 3 atom stereocenters. The number of hydrogen-bond donors (Lipinski definition) is 6. The maximum absolute atomic E-state index is 12.2. The van der Waals surface area contributed by atoms with E-state index in [2.05, 4.69) is 10.6 Å². The maximum atomic E-state index is 12.2. The number of unbranched alkanes of at least 4 members (excludes halogenated alkanes) is 1. The van der Waals surface area contributed by atoms with Crippen LogP contribution in [0.3, 0.4) is 0 Å². The third-order valence-electron chi connectivity index (χ3n) is 4.02. The first-order valence-electron chi connectivity index (χ1n) is 8.82. The minimum atomic E-state index is -1.05. The molecular formula is C18H30N4O4. The number of carbonyl (C=O) groups excluding carboxylic acids is 2. The molecule has 26 heavy (non-hydrogen) atoms. The van der Waals surface area contributed by atoms with Crippen LogP contribution in [0.1, 0.15) is 31.7 Å². The topological polar surface area (TPSA) is 151 Å². The Hall–Kier alpha value is -2.16. The molecule has 0 bridgehead atoms. The van der Waals surface area contributed by atoms with Gasteiger partial charge < -0.3 is 32.3 Å². The molecule has 1 aromatic rings. The molecule has 146 valence electrons. The number of amides is 2. The van der Waals surface area contributed by atoms with Gasteiger partial charge in [0.25, 0.3) is 0 Å². The Balaban J connectivity index is 2.49. The molecule has 0 aliphatic carbocycles. The number of nitrogens with two attached hydrogens (primary N) is 2. The summed E-state index contributed by atoms with van der Waals surface area (Å²) in [5.74, 6) is -0.842. The number of nitrogens with one attached hydrogen (secondary N) is 2. The molecule has 8 heteroatoms. The van der Waals surface area contributed by atoms with Gasteiger partial charge in [-0.05, 0) is 50.4 Å². The first kappa shape index (κ1) is 21.9. The van der Waals surface area contributed by atoms with E-state index in [0.717, 1.165) is 24.8 Å². The average Bonchev–Trinajstić information content (AvgIpc) is 2.61. The number of rotatable bonds is 11. The molecular weight excluding hydrogens is 336 g/mol. The number of phenolic OH excluding ortho intramolecular Hbond substituents is 1. The molecule has 0 radical (unpaired) electrons. The van der Waals surface area contributed by atoms with E-state index in [1.807, 2.05) is 6.92 Å². The zero-order valence-corrected chi connectivity index (χ0v) is 15.1. The number of hydrogen-bond acceptors (Lipinski definition) is 6. The third-order valence-corrected chi connectivity index (χ3v) is 4.02. The number of phenols is 1. The lowest BCUT2D eigenvalue weighted by Crippen LogP contribution is -2.54. The Morgan fingerprint density at radius 3 is 2.35 bits per heavy atom. The molecule has 3 unspecified atom stereocenters. The van der Waals surface area contributed by atoms with Crippen molar-refractivity contribution in [2.45, 2.75) is 50.7 Å². The van der Waals surface area contributed by atoms with Crippen LogP contribution in [0.25, 0.3) is 0 Å². The lowest BCUT2D eigenvalue weighted by Gasteiger charge is -2.21. The Kier molecular flexibility index (Phi) is 9.64. The number of aliphatic hydroxyl groups is 1. The quantitative estimate of drug-likeness (QED) is 0.287. The van der Waals surface area contributed by atoms with E-state index in [9.17, 15) is 19.8 Å². The van der Waals surface area contributed by atoms with Crippen molar-refractivity contribution in [1.29, 1.82) is 0 Å². The minimum Gasteiger partial charge on any atom is -0.508 e. The van der Waals surface area contributed by atoms with Crippen molar-refractivity contribution in [3.8, 4) is 5.75 Å². The van der Waals surface area contributed by atoms with Crippen LogP contribution in [-0.4, -0.2) is 53.3 Å². The summed E-state index contributed by atoms with van der Waals surface area (Å²) in [4.78, 5) is 24.4. The van der Waals surface area contributed by atoms with Crippen LogP contribution >= 0.6 is 0 Å². The Morgan fingerprint density at radius 2 is 1.77 bits per heavy atom. The monoisotopic (exact) mass is 366 g/mol. The van der Waals surface area contributed by atoms with E-state index in [1.165, 1.54) is 12.1 Å². The fourth-order valence-electron chi connectivity index (χ4n) is 2.46. The van der Waals surface area contributed by atoms with Gasteiger partial charge in [-0.25, -0.2) is 0 Å². The molecule has 0 fully saturated rings. The van der Waals surface area contributed by atoms with Gasteiger partial charge in [-0.15, -0.1) is 0 Å². The van der Waals surface area contributed by atoms with Crippen molar-refractivity contribution in [3.63, 3.8) is 0 Å². The fourth-order valence-corrected chi connectivity index (χ4v) is 2.46. The summed E-state index contributed by atoms with van der Waals surface area (Å²) in [5.41, 5.74) is 12.1. The molecule has 1 rings (SSSR count). The van der Waals surface area contributed by atoms with Crippen molar-refractivity contribution in [1.82, 2.24) is 10.6 Å². The van der Waals surface area contributed by atoms with E-state index < -0.39 is 30.5 Å². The van der Waals surface area contributed by atoms with Gasteiger partial charge in [0.15, 0.2) is 0 Å². The van der Waals surface area contributed by atoms with Crippen molar-refractivity contribution in [3.05, 3.63) is 29.8 Å². The lowest BCUT2D eigenvalue weighted by atomic mass is 10.1. The van der Waals surface area contributed by atoms with E-state index in [-0.39, 0.29) is 18.2 Å². The van der Waals surface area contributed by atoms with Crippen LogP contribution in [0.15, 0.2) is 24.3 Å². The third kappa shape index (κ3) is 7.81. The zero-order chi connectivity index (χ0) is 19.5. The fraction of sp³-hybridized carbons (Fsp3) is 0.556. The molecule has 0 saturated carbocycles. The van der Waals surface area contributed by atoms with E-state index >= 15 is 0 Å². The van der Waals surface area contributed by atoms with Crippen LogP contribution in [0.5, 0.6) is 5.75 Å². The molecule has 8 N–H and O–H groups in total. The number of carbonyl (C=O) groups is 2. The molecule has 8 nitrogen and oxygen atoms in total. The van der Waals surface area contributed by atoms with E-state index in [0.29, 0.717) is 6.54 Å². The smallest absolute Gasteiger partial charge is 0.245 e. The second kappa shape index (κ2) is 11.5. The molecule has 0 aromatic heterocycles. The zero-order valence-electron chi connectivity index (χ0n) is 15.1. The number of aliphatic hydroxyl groups excluding tert-OH is 1. The summed E-state index contributed by atoms with van der Waals surface area (Å²) in [6, 6.07) is 4.36. The van der Waals surface area contributed by atoms with Crippen molar-refractivity contribution < 1.29 is 19.8 Å². The predicted molar refractivity (Wildman–Crippen MR) is 99.3 cm³/mol. The summed E-state index contributed by atoms with van der Waals surface area (Å²) < 4.78 is 0. The largest absolute Gasteiger partial charge is 0.508 e. The Labute approximate surface area is 154 Å². The van der Waals surface area contributed by atoms with Crippen LogP contribution < -0.4 is 22.1 Å². The van der Waals surface area contributed by atoms with Gasteiger partial charge >= 0.3 is 0 Å².